The van der Waals surface area contributed by atoms with E-state index in [-0.39, 0.29) is 20.6 Å². The van der Waals surface area contributed by atoms with Gasteiger partial charge in [-0.2, -0.15) is 0 Å². The average molecular weight is 178 g/mol. The van der Waals surface area contributed by atoms with Gasteiger partial charge in [0.25, 0.3) is 0 Å². The predicted molar refractivity (Wildman–Crippen MR) is 51.0 cm³/mol. The van der Waals surface area contributed by atoms with Gasteiger partial charge in [0, 0.05) is 13.1 Å². The number of nitrogens with two attached hydrogens (primary N) is 1. The highest BCUT2D eigenvalue weighted by Crippen LogP contribution is 1.88. The molecule has 0 aliphatic carbocycles. The quantitative estimate of drug-likeness (QED) is 0.480. The van der Waals surface area contributed by atoms with Crippen molar-refractivity contribution in [3.8, 4) is 0 Å². The molecule has 0 bridgehead atoms. The monoisotopic (exact) mass is 178 g/mol. The van der Waals surface area contributed by atoms with E-state index in [1.807, 2.05) is 4.90 Å². The third-order valence-corrected chi connectivity index (χ3v) is 1.51. The van der Waals surface area contributed by atoms with Gasteiger partial charge in [-0.15, -0.1) is 0 Å². The molecule has 0 fully saturated rings. The van der Waals surface area contributed by atoms with Crippen molar-refractivity contribution in [2.24, 2.45) is 5.73 Å². The van der Waals surface area contributed by atoms with Gasteiger partial charge in [0.05, 0.1) is 13.2 Å². The molecule has 4 nitrogen and oxygen atoms in total. The smallest absolute Gasteiger partial charge is 0.0558 e. The molecule has 0 amide bonds. The van der Waals surface area contributed by atoms with Crippen molar-refractivity contribution in [1.82, 2.24) is 4.90 Å². The molecule has 0 saturated carbocycles. The topological polar surface area (TPSA) is 69.7 Å². The van der Waals surface area contributed by atoms with Crippen LogP contribution in [0.1, 0.15) is 13.8 Å². The normalized spacial score (nSPS) is 10.0. The molecule has 4 N–H and O–H groups in total. The van der Waals surface area contributed by atoms with E-state index in [1.165, 1.54) is 0 Å². The zero-order valence-corrected chi connectivity index (χ0v) is 6.87. The lowest BCUT2D eigenvalue weighted by atomic mass is 10.3. The van der Waals surface area contributed by atoms with Gasteiger partial charge in [0.2, 0.25) is 0 Å². The van der Waals surface area contributed by atoms with Crippen LogP contribution in [0.15, 0.2) is 0 Å². The predicted octanol–water partition coefficient (Wildman–Crippen LogP) is -0.742. The van der Waals surface area contributed by atoms with Crippen LogP contribution in [0.2, 0.25) is 0 Å². The van der Waals surface area contributed by atoms with Gasteiger partial charge in [-0.3, -0.25) is 4.90 Å². The molecule has 0 atom stereocenters. The van der Waals surface area contributed by atoms with Crippen LogP contribution in [0.5, 0.6) is 0 Å². The molecule has 12 heavy (non-hydrogen) atoms. The van der Waals surface area contributed by atoms with Crippen molar-refractivity contribution in [2.75, 3.05) is 39.4 Å². The average Bonchev–Trinajstić information content (AvgIpc) is 2.01. The second-order valence-electron chi connectivity index (χ2n) is 2.43. The van der Waals surface area contributed by atoms with Crippen molar-refractivity contribution in [3.05, 3.63) is 0 Å². The number of hydrogen-bond acceptors (Lipinski definition) is 4. The van der Waals surface area contributed by atoms with Gasteiger partial charge >= 0.3 is 0 Å². The van der Waals surface area contributed by atoms with Crippen LogP contribution in [0.25, 0.3) is 0 Å². The van der Waals surface area contributed by atoms with Crippen molar-refractivity contribution < 1.29 is 10.2 Å². The Morgan fingerprint density at radius 2 is 1.50 bits per heavy atom. The maximum absolute atomic E-state index is 8.61. The molecule has 0 radical (unpaired) electrons. The maximum Gasteiger partial charge on any atom is 0.0558 e. The Bertz CT molecular complexity index is 75.5. The zero-order chi connectivity index (χ0) is 8.53. The van der Waals surface area contributed by atoms with E-state index < -0.39 is 0 Å². The molecule has 0 heterocycles. The van der Waals surface area contributed by atoms with E-state index >= 15 is 0 Å². The first-order valence-electron chi connectivity index (χ1n) is 3.99. The zero-order valence-electron chi connectivity index (χ0n) is 6.87. The van der Waals surface area contributed by atoms with Crippen LogP contribution < -0.4 is 5.73 Å². The van der Waals surface area contributed by atoms with Gasteiger partial charge in [-0.1, -0.05) is 7.43 Å². The Hall–Kier alpha value is -0.160. The van der Waals surface area contributed by atoms with Gasteiger partial charge in [-0.05, 0) is 19.5 Å². The van der Waals surface area contributed by atoms with Gasteiger partial charge in [0.15, 0.2) is 0 Å². The summed E-state index contributed by atoms with van der Waals surface area (Å²) in [6.45, 7) is 3.06. The first-order valence-corrected chi connectivity index (χ1v) is 3.99. The number of hydrogen-bond donors (Lipinski definition) is 3. The van der Waals surface area contributed by atoms with E-state index in [9.17, 15) is 0 Å². The van der Waals surface area contributed by atoms with E-state index in [0.29, 0.717) is 19.6 Å². The molecule has 0 rings (SSSR count). The highest BCUT2D eigenvalue weighted by atomic mass is 16.3. The van der Waals surface area contributed by atoms with Crippen LogP contribution in [-0.2, 0) is 0 Å². The molecule has 0 saturated heterocycles. The summed E-state index contributed by atoms with van der Waals surface area (Å²) in [5, 5.41) is 17.2. The van der Waals surface area contributed by atoms with Gasteiger partial charge < -0.3 is 15.9 Å². The van der Waals surface area contributed by atoms with Crippen molar-refractivity contribution in [2.45, 2.75) is 13.8 Å². The lowest BCUT2D eigenvalue weighted by molar-refractivity contribution is 0.160. The van der Waals surface area contributed by atoms with Crippen LogP contribution in [0.3, 0.4) is 0 Å². The summed E-state index contributed by atoms with van der Waals surface area (Å²) in [6, 6.07) is 0. The summed E-state index contributed by atoms with van der Waals surface area (Å²) in [6.07, 6.45) is 0.917. The van der Waals surface area contributed by atoms with Gasteiger partial charge in [-0.25, -0.2) is 0 Å². The van der Waals surface area contributed by atoms with E-state index in [0.717, 1.165) is 13.0 Å². The fourth-order valence-electron chi connectivity index (χ4n) is 0.933. The molecule has 0 unspecified atom stereocenters. The number of nitrogens with zero attached hydrogens (tertiary/aromatic N) is 1. The summed E-state index contributed by atoms with van der Waals surface area (Å²) in [7, 11) is 0. The molecule has 76 valence electrons. The van der Waals surface area contributed by atoms with Crippen LogP contribution in [0, 0.1) is 0 Å². The van der Waals surface area contributed by atoms with Crippen molar-refractivity contribution in [1.29, 1.82) is 0 Å². The summed E-state index contributed by atoms with van der Waals surface area (Å²) < 4.78 is 0. The van der Waals surface area contributed by atoms with Crippen LogP contribution >= 0.6 is 0 Å². The standard InChI is InChI=1S/C7H18N2O2.CH4/c8-2-1-3-9(4-6-10)5-7-11;/h10-11H,1-8H2;1H4. The molecule has 0 aliphatic heterocycles. The number of aliphatic hydroxyl groups excluding tert-OH is 2. The highest BCUT2D eigenvalue weighted by Gasteiger charge is 2.00. The van der Waals surface area contributed by atoms with Crippen LogP contribution in [0.4, 0.5) is 0 Å². The molecule has 0 aromatic rings. The summed E-state index contributed by atoms with van der Waals surface area (Å²) in [5.74, 6) is 0. The molecule has 0 aromatic carbocycles. The Morgan fingerprint density at radius 1 is 1.00 bits per heavy atom. The molecular formula is C8H22N2O2. The summed E-state index contributed by atoms with van der Waals surface area (Å²) in [5.41, 5.74) is 5.32. The third kappa shape index (κ3) is 7.94. The Morgan fingerprint density at radius 3 is 1.83 bits per heavy atom. The lowest BCUT2D eigenvalue weighted by Gasteiger charge is -2.19. The minimum atomic E-state index is 0. The Kier molecular flexibility index (Phi) is 13.0. The maximum atomic E-state index is 8.61. The molecule has 0 spiro atoms. The molecule has 0 aromatic heterocycles. The second kappa shape index (κ2) is 10.8. The highest BCUT2D eigenvalue weighted by molar-refractivity contribution is 4.56. The van der Waals surface area contributed by atoms with Crippen LogP contribution in [-0.4, -0.2) is 54.5 Å². The SMILES string of the molecule is C.NCCCN(CCO)CCO. The largest absolute Gasteiger partial charge is 0.395 e. The number of aliphatic hydroxyl groups is 2. The molecule has 0 aliphatic rings. The lowest BCUT2D eigenvalue weighted by Crippen LogP contribution is -2.31. The van der Waals surface area contributed by atoms with E-state index in [2.05, 4.69) is 0 Å². The van der Waals surface area contributed by atoms with E-state index in [4.69, 9.17) is 15.9 Å². The molecular weight excluding hydrogens is 156 g/mol. The summed E-state index contributed by atoms with van der Waals surface area (Å²) in [4.78, 5) is 1.99. The number of rotatable bonds is 7. The minimum absolute atomic E-state index is 0. The first kappa shape index (κ1) is 14.4. The second-order valence-corrected chi connectivity index (χ2v) is 2.43. The Balaban J connectivity index is 0. The van der Waals surface area contributed by atoms with Crippen molar-refractivity contribution in [3.63, 3.8) is 0 Å². The molecule has 4 heteroatoms. The first-order chi connectivity index (χ1) is 5.35. The third-order valence-electron chi connectivity index (χ3n) is 1.51. The fraction of sp³-hybridized carbons (Fsp3) is 1.00. The van der Waals surface area contributed by atoms with E-state index in [1.54, 1.807) is 0 Å². The fourth-order valence-corrected chi connectivity index (χ4v) is 0.933. The van der Waals surface area contributed by atoms with Gasteiger partial charge in [0.1, 0.15) is 0 Å². The Labute approximate surface area is 75.0 Å². The van der Waals surface area contributed by atoms with Crippen molar-refractivity contribution >= 4 is 0 Å². The summed E-state index contributed by atoms with van der Waals surface area (Å²) >= 11 is 0. The minimum Gasteiger partial charge on any atom is -0.395 e.